The second-order valence-electron chi connectivity index (χ2n) is 4.88. The molecule has 90 valence electrons. The van der Waals surface area contributed by atoms with Crippen LogP contribution in [-0.4, -0.2) is 23.5 Å². The van der Waals surface area contributed by atoms with Crippen LogP contribution in [0.1, 0.15) is 51.9 Å². The van der Waals surface area contributed by atoms with Crippen molar-refractivity contribution in [3.05, 3.63) is 11.1 Å². The first-order valence-electron chi connectivity index (χ1n) is 6.50. The summed E-state index contributed by atoms with van der Waals surface area (Å²) in [5, 5.41) is 16.0. The molecule has 0 heterocycles. The van der Waals surface area contributed by atoms with Gasteiger partial charge in [-0.3, -0.25) is 0 Å². The number of allylic oxidation sites excluding steroid dienone is 1. The van der Waals surface area contributed by atoms with Crippen LogP contribution in [0.4, 0.5) is 0 Å². The van der Waals surface area contributed by atoms with Crippen LogP contribution in [0, 0.1) is 0 Å². The molecule has 2 rings (SSSR count). The fourth-order valence-corrected chi connectivity index (χ4v) is 2.87. The zero-order valence-electron chi connectivity index (χ0n) is 10.1. The highest BCUT2D eigenvalue weighted by molar-refractivity contribution is 6.01. The van der Waals surface area contributed by atoms with E-state index in [-0.39, 0.29) is 0 Å². The molecule has 0 aliphatic heterocycles. The molecular weight excluding hydrogens is 200 g/mol. The molecule has 2 aliphatic rings. The zero-order valence-corrected chi connectivity index (χ0v) is 10.1. The van der Waals surface area contributed by atoms with E-state index in [2.05, 4.69) is 17.4 Å². The van der Waals surface area contributed by atoms with Crippen LogP contribution in [0.15, 0.2) is 16.3 Å². The third kappa shape index (κ3) is 2.46. The highest BCUT2D eigenvalue weighted by Crippen LogP contribution is 2.34. The van der Waals surface area contributed by atoms with Crippen molar-refractivity contribution in [2.75, 3.05) is 6.54 Å². The van der Waals surface area contributed by atoms with Crippen LogP contribution >= 0.6 is 0 Å². The van der Waals surface area contributed by atoms with Crippen LogP contribution in [0.2, 0.25) is 0 Å². The molecule has 2 N–H and O–H groups in total. The normalized spacial score (nSPS) is 28.3. The predicted octanol–water partition coefficient (Wildman–Crippen LogP) is 2.85. The molecule has 3 nitrogen and oxygen atoms in total. The Morgan fingerprint density at radius 2 is 2.25 bits per heavy atom. The molecule has 3 heteroatoms. The predicted molar refractivity (Wildman–Crippen MR) is 66.0 cm³/mol. The van der Waals surface area contributed by atoms with Gasteiger partial charge in [-0.1, -0.05) is 17.7 Å². The molecule has 0 radical (unpaired) electrons. The largest absolute Gasteiger partial charge is 0.411 e. The second-order valence-corrected chi connectivity index (χ2v) is 4.88. The van der Waals surface area contributed by atoms with Gasteiger partial charge in [0.05, 0.1) is 5.71 Å². The summed E-state index contributed by atoms with van der Waals surface area (Å²) in [6.45, 7) is 3.33. The minimum atomic E-state index is 0.650. The molecule has 0 saturated heterocycles. The first kappa shape index (κ1) is 11.6. The molecule has 2 aliphatic carbocycles. The molecule has 0 aromatic heterocycles. The monoisotopic (exact) mass is 222 g/mol. The molecule has 0 aromatic carbocycles. The number of hydrogen-bond donors (Lipinski definition) is 2. The SMILES string of the molecule is CCCNC1CCC2=C(CCCC2=NO)C1. The van der Waals surface area contributed by atoms with Gasteiger partial charge in [0.2, 0.25) is 0 Å². The highest BCUT2D eigenvalue weighted by Gasteiger charge is 2.26. The van der Waals surface area contributed by atoms with Gasteiger partial charge in [-0.25, -0.2) is 0 Å². The van der Waals surface area contributed by atoms with Gasteiger partial charge in [-0.2, -0.15) is 0 Å². The van der Waals surface area contributed by atoms with E-state index in [1.165, 1.54) is 24.8 Å². The van der Waals surface area contributed by atoms with E-state index in [1.807, 2.05) is 0 Å². The maximum Gasteiger partial charge on any atom is 0.0827 e. The van der Waals surface area contributed by atoms with Gasteiger partial charge in [-0.05, 0) is 57.1 Å². The van der Waals surface area contributed by atoms with E-state index in [4.69, 9.17) is 5.21 Å². The van der Waals surface area contributed by atoms with Gasteiger partial charge in [0.15, 0.2) is 0 Å². The summed E-state index contributed by atoms with van der Waals surface area (Å²) in [6.07, 6.45) is 7.97. The first-order chi connectivity index (χ1) is 7.85. The summed E-state index contributed by atoms with van der Waals surface area (Å²) in [5.41, 5.74) is 3.86. The van der Waals surface area contributed by atoms with Gasteiger partial charge in [0.1, 0.15) is 0 Å². The Morgan fingerprint density at radius 3 is 3.00 bits per heavy atom. The quantitative estimate of drug-likeness (QED) is 0.569. The Hall–Kier alpha value is -0.830. The van der Waals surface area contributed by atoms with E-state index in [1.54, 1.807) is 5.57 Å². The summed E-state index contributed by atoms with van der Waals surface area (Å²) in [4.78, 5) is 0. The maximum absolute atomic E-state index is 8.98. The lowest BCUT2D eigenvalue weighted by Crippen LogP contribution is -2.34. The summed E-state index contributed by atoms with van der Waals surface area (Å²) >= 11 is 0. The molecule has 0 amide bonds. The fourth-order valence-electron chi connectivity index (χ4n) is 2.87. The van der Waals surface area contributed by atoms with E-state index in [0.29, 0.717) is 6.04 Å². The fraction of sp³-hybridized carbons (Fsp3) is 0.769. The lowest BCUT2D eigenvalue weighted by atomic mass is 9.79. The van der Waals surface area contributed by atoms with Gasteiger partial charge in [0, 0.05) is 6.04 Å². The number of oxime groups is 1. The average Bonchev–Trinajstić information content (AvgIpc) is 2.35. The lowest BCUT2D eigenvalue weighted by Gasteiger charge is -2.31. The summed E-state index contributed by atoms with van der Waals surface area (Å²) in [5.74, 6) is 0. The van der Waals surface area contributed by atoms with E-state index >= 15 is 0 Å². The number of nitrogens with zero attached hydrogens (tertiary/aromatic N) is 1. The first-order valence-corrected chi connectivity index (χ1v) is 6.50. The van der Waals surface area contributed by atoms with Crippen LogP contribution in [0.5, 0.6) is 0 Å². The smallest absolute Gasteiger partial charge is 0.0827 e. The van der Waals surface area contributed by atoms with Crippen molar-refractivity contribution >= 4 is 5.71 Å². The van der Waals surface area contributed by atoms with E-state index < -0.39 is 0 Å². The van der Waals surface area contributed by atoms with Crippen molar-refractivity contribution < 1.29 is 5.21 Å². The van der Waals surface area contributed by atoms with Gasteiger partial charge < -0.3 is 10.5 Å². The Kier molecular flexibility index (Phi) is 3.99. The van der Waals surface area contributed by atoms with Crippen molar-refractivity contribution in [1.82, 2.24) is 5.32 Å². The Morgan fingerprint density at radius 1 is 1.38 bits per heavy atom. The van der Waals surface area contributed by atoms with Gasteiger partial charge in [-0.15, -0.1) is 0 Å². The Bertz CT molecular complexity index is 307. The van der Waals surface area contributed by atoms with Gasteiger partial charge in [0.25, 0.3) is 0 Å². The summed E-state index contributed by atoms with van der Waals surface area (Å²) in [7, 11) is 0. The molecule has 0 saturated carbocycles. The molecular formula is C13H22N2O. The third-order valence-corrected chi connectivity index (χ3v) is 3.71. The van der Waals surface area contributed by atoms with Crippen molar-refractivity contribution in [3.63, 3.8) is 0 Å². The summed E-state index contributed by atoms with van der Waals surface area (Å²) in [6, 6.07) is 0.650. The van der Waals surface area contributed by atoms with Crippen LogP contribution in [0.3, 0.4) is 0 Å². The molecule has 0 aromatic rings. The number of rotatable bonds is 3. The van der Waals surface area contributed by atoms with Crippen LogP contribution < -0.4 is 5.32 Å². The number of nitrogens with one attached hydrogen (secondary N) is 1. The summed E-state index contributed by atoms with van der Waals surface area (Å²) < 4.78 is 0. The molecule has 1 unspecified atom stereocenters. The molecule has 16 heavy (non-hydrogen) atoms. The van der Waals surface area contributed by atoms with Crippen LogP contribution in [-0.2, 0) is 0 Å². The molecule has 1 atom stereocenters. The average molecular weight is 222 g/mol. The van der Waals surface area contributed by atoms with E-state index in [9.17, 15) is 0 Å². The van der Waals surface area contributed by atoms with Crippen molar-refractivity contribution in [2.45, 2.75) is 57.9 Å². The van der Waals surface area contributed by atoms with Crippen LogP contribution in [0.25, 0.3) is 0 Å². The minimum absolute atomic E-state index is 0.650. The third-order valence-electron chi connectivity index (χ3n) is 3.71. The maximum atomic E-state index is 8.98. The topological polar surface area (TPSA) is 44.6 Å². The molecule has 0 fully saturated rings. The molecule has 0 spiro atoms. The Labute approximate surface area is 97.6 Å². The van der Waals surface area contributed by atoms with E-state index in [0.717, 1.165) is 37.9 Å². The lowest BCUT2D eigenvalue weighted by molar-refractivity contribution is 0.316. The van der Waals surface area contributed by atoms with Crippen molar-refractivity contribution in [2.24, 2.45) is 5.16 Å². The van der Waals surface area contributed by atoms with Gasteiger partial charge >= 0.3 is 0 Å². The Balaban J connectivity index is 2.02. The molecule has 0 bridgehead atoms. The zero-order chi connectivity index (χ0) is 11.4. The highest BCUT2D eigenvalue weighted by atomic mass is 16.4. The minimum Gasteiger partial charge on any atom is -0.411 e. The second kappa shape index (κ2) is 5.48. The van der Waals surface area contributed by atoms with Crippen molar-refractivity contribution in [3.8, 4) is 0 Å². The number of hydrogen-bond acceptors (Lipinski definition) is 3. The van der Waals surface area contributed by atoms with Crippen molar-refractivity contribution in [1.29, 1.82) is 0 Å². The standard InChI is InChI=1S/C13H22N2O/c1-2-8-14-11-6-7-12-10(9-11)4-3-5-13(12)15-16/h11,14,16H,2-9H2,1H3.